The van der Waals surface area contributed by atoms with Gasteiger partial charge in [-0.2, -0.15) is 0 Å². The number of pyridine rings is 1. The molecule has 4 amide bonds. The second kappa shape index (κ2) is 13.0. The number of aromatic nitrogens is 1. The number of benzene rings is 1. The summed E-state index contributed by atoms with van der Waals surface area (Å²) < 4.78 is 38.1. The number of urea groups is 2. The number of ether oxygens (including phenoxy) is 2. The van der Waals surface area contributed by atoms with Crippen LogP contribution in [-0.4, -0.2) is 79.3 Å². The molecular formula is C30H35F2N5O5. The summed E-state index contributed by atoms with van der Waals surface area (Å²) in [5.41, 5.74) is 1.14. The second-order valence-electron chi connectivity index (χ2n) is 11.0. The third-order valence-electron chi connectivity index (χ3n) is 8.35. The lowest BCUT2D eigenvalue weighted by atomic mass is 9.81. The van der Waals surface area contributed by atoms with Crippen LogP contribution in [0.2, 0.25) is 0 Å². The Morgan fingerprint density at radius 1 is 1.07 bits per heavy atom. The molecular weight excluding hydrogens is 548 g/mol. The molecule has 0 bridgehead atoms. The maximum atomic E-state index is 14.3. The third kappa shape index (κ3) is 6.14. The molecule has 0 radical (unpaired) electrons. The van der Waals surface area contributed by atoms with Gasteiger partial charge in [0, 0.05) is 56.5 Å². The number of rotatable bonds is 8. The Labute approximate surface area is 243 Å². The van der Waals surface area contributed by atoms with Gasteiger partial charge in [0.15, 0.2) is 11.6 Å². The van der Waals surface area contributed by atoms with E-state index in [-0.39, 0.29) is 29.4 Å². The number of hydrogen-bond acceptors (Lipinski definition) is 7. The van der Waals surface area contributed by atoms with Crippen LogP contribution in [0.15, 0.2) is 53.9 Å². The first-order chi connectivity index (χ1) is 20.3. The van der Waals surface area contributed by atoms with Crippen molar-refractivity contribution in [2.45, 2.75) is 43.7 Å². The molecule has 1 saturated carbocycles. The topological polar surface area (TPSA) is 113 Å². The largest absolute Gasteiger partial charge is 0.466 e. The first-order valence-corrected chi connectivity index (χ1v) is 14.1. The summed E-state index contributed by atoms with van der Waals surface area (Å²) in [6, 6.07) is 6.55. The van der Waals surface area contributed by atoms with E-state index in [1.165, 1.54) is 13.2 Å². The summed E-state index contributed by atoms with van der Waals surface area (Å²) in [7, 11) is 2.52. The molecule has 12 heteroatoms. The third-order valence-corrected chi connectivity index (χ3v) is 8.35. The quantitative estimate of drug-likeness (QED) is 0.454. The molecule has 42 heavy (non-hydrogen) atoms. The van der Waals surface area contributed by atoms with E-state index in [1.54, 1.807) is 0 Å². The maximum absolute atomic E-state index is 14.3. The van der Waals surface area contributed by atoms with Gasteiger partial charge in [0.25, 0.3) is 0 Å². The van der Waals surface area contributed by atoms with Gasteiger partial charge >= 0.3 is 18.0 Å². The molecule has 0 spiro atoms. The lowest BCUT2D eigenvalue weighted by Gasteiger charge is -2.47. The summed E-state index contributed by atoms with van der Waals surface area (Å²) in [5.74, 6) is -2.44. The predicted molar refractivity (Wildman–Crippen MR) is 148 cm³/mol. The fourth-order valence-corrected chi connectivity index (χ4v) is 6.19. The lowest BCUT2D eigenvalue weighted by Crippen LogP contribution is -2.59. The molecule has 224 valence electrons. The zero-order valence-corrected chi connectivity index (χ0v) is 23.6. The van der Waals surface area contributed by atoms with Crippen molar-refractivity contribution in [3.63, 3.8) is 0 Å². The molecule has 1 aliphatic carbocycles. The van der Waals surface area contributed by atoms with Crippen LogP contribution in [0.1, 0.15) is 48.9 Å². The van der Waals surface area contributed by atoms with Crippen LogP contribution >= 0.6 is 0 Å². The van der Waals surface area contributed by atoms with E-state index < -0.39 is 35.7 Å². The van der Waals surface area contributed by atoms with E-state index in [0.29, 0.717) is 18.5 Å². The number of nitrogens with one attached hydrogen (secondary N) is 2. The number of likely N-dealkylation sites (tertiary alicyclic amines) is 1. The minimum absolute atomic E-state index is 0.0315. The van der Waals surface area contributed by atoms with Crippen LogP contribution in [0.4, 0.5) is 18.4 Å². The van der Waals surface area contributed by atoms with Crippen molar-refractivity contribution < 1.29 is 32.6 Å². The van der Waals surface area contributed by atoms with E-state index >= 15 is 0 Å². The molecule has 5 rings (SSSR count). The van der Waals surface area contributed by atoms with Crippen LogP contribution < -0.4 is 10.6 Å². The fourth-order valence-electron chi connectivity index (χ4n) is 6.19. The van der Waals surface area contributed by atoms with E-state index in [4.69, 9.17) is 9.47 Å². The van der Waals surface area contributed by atoms with Crippen LogP contribution in [0.5, 0.6) is 0 Å². The van der Waals surface area contributed by atoms with Gasteiger partial charge in [-0.3, -0.25) is 9.88 Å². The number of hydrogen-bond donors (Lipinski definition) is 2. The first-order valence-electron chi connectivity index (χ1n) is 14.1. The highest BCUT2D eigenvalue weighted by Gasteiger charge is 2.44. The van der Waals surface area contributed by atoms with Crippen molar-refractivity contribution in [3.05, 3.63) is 76.8 Å². The number of methoxy groups -OCH3 is 2. The number of nitrogens with zero attached hydrogens (tertiary/aromatic N) is 3. The minimum Gasteiger partial charge on any atom is -0.466 e. The Morgan fingerprint density at radius 2 is 1.83 bits per heavy atom. The number of halogens is 2. The zero-order chi connectivity index (χ0) is 29.8. The molecule has 1 aromatic carbocycles. The zero-order valence-electron chi connectivity index (χ0n) is 23.6. The average molecular weight is 584 g/mol. The van der Waals surface area contributed by atoms with Gasteiger partial charge in [0.1, 0.15) is 6.04 Å². The van der Waals surface area contributed by atoms with Gasteiger partial charge < -0.3 is 20.1 Å². The predicted octanol–water partition coefficient (Wildman–Crippen LogP) is 3.87. The minimum atomic E-state index is -1.36. The van der Waals surface area contributed by atoms with Gasteiger partial charge in [-0.15, -0.1) is 0 Å². The van der Waals surface area contributed by atoms with E-state index in [2.05, 4.69) is 26.6 Å². The summed E-state index contributed by atoms with van der Waals surface area (Å²) in [6.07, 6.45) is 6.22. The number of amides is 4. The molecule has 1 atom stereocenters. The molecule has 3 heterocycles. The van der Waals surface area contributed by atoms with Crippen molar-refractivity contribution >= 4 is 18.0 Å². The number of imide groups is 1. The first kappa shape index (κ1) is 29.6. The highest BCUT2D eigenvalue weighted by Crippen LogP contribution is 2.37. The van der Waals surface area contributed by atoms with Crippen molar-refractivity contribution in [1.29, 1.82) is 0 Å². The SMILES string of the molecule is COCC1=C(C(=O)OC)C(c2ccc(F)c(F)c2)N(C(=O)NCC2CN(C3CCC(c4ccccn4)CC3)C2)C(=O)N1. The average Bonchev–Trinajstić information content (AvgIpc) is 2.98. The highest BCUT2D eigenvalue weighted by atomic mass is 19.2. The molecule has 1 unspecified atom stereocenters. The maximum Gasteiger partial charge on any atom is 0.338 e. The van der Waals surface area contributed by atoms with Crippen LogP contribution in [0.25, 0.3) is 0 Å². The molecule has 10 nitrogen and oxygen atoms in total. The summed E-state index contributed by atoms with van der Waals surface area (Å²) in [6.45, 7) is 1.79. The van der Waals surface area contributed by atoms with Crippen LogP contribution in [0.3, 0.4) is 0 Å². The van der Waals surface area contributed by atoms with Gasteiger partial charge in [0.05, 0.1) is 25.0 Å². The Bertz CT molecular complexity index is 1340. The van der Waals surface area contributed by atoms with Crippen molar-refractivity contribution in [2.75, 3.05) is 40.5 Å². The molecule has 1 saturated heterocycles. The smallest absolute Gasteiger partial charge is 0.338 e. The second-order valence-corrected chi connectivity index (χ2v) is 11.0. The number of carbonyl (C=O) groups is 3. The molecule has 2 fully saturated rings. The van der Waals surface area contributed by atoms with Crippen LogP contribution in [-0.2, 0) is 14.3 Å². The van der Waals surface area contributed by atoms with Crippen molar-refractivity contribution in [1.82, 2.24) is 25.4 Å². The van der Waals surface area contributed by atoms with E-state index in [9.17, 15) is 23.2 Å². The molecule has 2 N–H and O–H groups in total. The van der Waals surface area contributed by atoms with Crippen LogP contribution in [0, 0.1) is 17.6 Å². The van der Waals surface area contributed by atoms with Gasteiger partial charge in [-0.05, 0) is 55.5 Å². The molecule has 1 aromatic heterocycles. The van der Waals surface area contributed by atoms with E-state index in [1.807, 2.05) is 18.3 Å². The standard InChI is InChI=1S/C30H35F2N5O5/c1-41-17-25-26(28(38)42-2)27(20-8-11-22(31)23(32)13-20)37(30(40)35-25)29(39)34-14-18-15-36(16-18)21-9-6-19(7-10-21)24-5-3-4-12-33-24/h3-5,8,11-13,18-19,21,27H,6-7,9-10,14-17H2,1-2H3,(H,34,39)(H,35,40). The number of esters is 1. The highest BCUT2D eigenvalue weighted by molar-refractivity contribution is 6.01. The summed E-state index contributed by atoms with van der Waals surface area (Å²) in [4.78, 5) is 47.2. The van der Waals surface area contributed by atoms with Gasteiger partial charge in [-0.1, -0.05) is 12.1 Å². The Kier molecular flexibility index (Phi) is 9.12. The Morgan fingerprint density at radius 3 is 2.48 bits per heavy atom. The fraction of sp³-hybridized carbons (Fsp3) is 0.467. The van der Waals surface area contributed by atoms with Gasteiger partial charge in [-0.25, -0.2) is 28.1 Å². The summed E-state index contributed by atoms with van der Waals surface area (Å²) in [5, 5.41) is 5.32. The summed E-state index contributed by atoms with van der Waals surface area (Å²) >= 11 is 0. The Balaban J connectivity index is 1.23. The van der Waals surface area contributed by atoms with Crippen molar-refractivity contribution in [3.8, 4) is 0 Å². The van der Waals surface area contributed by atoms with Crippen molar-refractivity contribution in [2.24, 2.45) is 5.92 Å². The number of carbonyl (C=O) groups excluding carboxylic acids is 3. The lowest BCUT2D eigenvalue weighted by molar-refractivity contribution is -0.137. The Hall–Kier alpha value is -3.90. The monoisotopic (exact) mass is 583 g/mol. The molecule has 2 aliphatic heterocycles. The van der Waals surface area contributed by atoms with E-state index in [0.717, 1.165) is 68.6 Å². The normalized spacial score (nSPS) is 23.3. The molecule has 3 aliphatic rings. The van der Waals surface area contributed by atoms with Gasteiger partial charge in [0.2, 0.25) is 0 Å². The molecule has 2 aromatic rings.